The highest BCUT2D eigenvalue weighted by molar-refractivity contribution is 5.78. The number of hydrogen-bond donors (Lipinski definition) is 1. The number of nitrogens with zero attached hydrogens (tertiary/aromatic N) is 3. The molecule has 2 aliphatic heterocycles. The van der Waals surface area contributed by atoms with Gasteiger partial charge in [0.2, 0.25) is 5.91 Å². The van der Waals surface area contributed by atoms with Crippen LogP contribution in [0.1, 0.15) is 16.7 Å². The van der Waals surface area contributed by atoms with Crippen molar-refractivity contribution in [3.63, 3.8) is 0 Å². The van der Waals surface area contributed by atoms with Crippen LogP contribution in [-0.4, -0.2) is 86.2 Å². The molecule has 2 fully saturated rings. The Balaban J connectivity index is 1.11. The minimum atomic E-state index is 0.102. The second kappa shape index (κ2) is 12.7. The molecule has 0 radical (unpaired) electrons. The molecule has 1 amide bonds. The van der Waals surface area contributed by atoms with Crippen molar-refractivity contribution in [2.24, 2.45) is 0 Å². The molecule has 6 heteroatoms. The van der Waals surface area contributed by atoms with Gasteiger partial charge in [0.05, 0.1) is 19.8 Å². The first kappa shape index (κ1) is 23.6. The lowest BCUT2D eigenvalue weighted by atomic mass is 10.1. The number of benzene rings is 2. The monoisotopic (exact) mass is 448 g/mol. The summed E-state index contributed by atoms with van der Waals surface area (Å²) >= 11 is 0. The normalized spacial score (nSPS) is 18.5. The zero-order chi connectivity index (χ0) is 22.7. The standard InChI is InChI=1S/C27H36N4O2/c32-27(28-21-25-8-10-26(11-9-25)22-31-17-19-33-20-18-31)23-30-15-13-29(14-16-30)12-4-7-24-5-2-1-3-6-24/h1-11H,12-23H2,(H,28,32). The van der Waals surface area contributed by atoms with E-state index in [1.54, 1.807) is 0 Å². The van der Waals surface area contributed by atoms with E-state index in [0.717, 1.165) is 71.1 Å². The summed E-state index contributed by atoms with van der Waals surface area (Å²) in [5.74, 6) is 0.102. The molecule has 1 N–H and O–H groups in total. The first-order valence-electron chi connectivity index (χ1n) is 12.1. The molecule has 4 rings (SSSR count). The van der Waals surface area contributed by atoms with E-state index < -0.39 is 0 Å². The number of piperazine rings is 1. The summed E-state index contributed by atoms with van der Waals surface area (Å²) in [4.78, 5) is 19.5. The topological polar surface area (TPSA) is 48.1 Å². The van der Waals surface area contributed by atoms with Gasteiger partial charge in [-0.05, 0) is 16.7 Å². The number of carbonyl (C=O) groups excluding carboxylic acids is 1. The van der Waals surface area contributed by atoms with Gasteiger partial charge in [0.15, 0.2) is 0 Å². The first-order chi connectivity index (χ1) is 16.2. The fourth-order valence-corrected chi connectivity index (χ4v) is 4.27. The molecule has 0 saturated carbocycles. The Kier molecular flexibility index (Phi) is 9.07. The van der Waals surface area contributed by atoms with Gasteiger partial charge in [-0.15, -0.1) is 0 Å². The van der Waals surface area contributed by atoms with Gasteiger partial charge in [-0.25, -0.2) is 0 Å². The van der Waals surface area contributed by atoms with Crippen LogP contribution in [0, 0.1) is 0 Å². The number of nitrogens with one attached hydrogen (secondary N) is 1. The lowest BCUT2D eigenvalue weighted by Gasteiger charge is -2.33. The van der Waals surface area contributed by atoms with E-state index in [1.807, 2.05) is 6.07 Å². The number of amides is 1. The van der Waals surface area contributed by atoms with Crippen molar-refractivity contribution < 1.29 is 9.53 Å². The Labute approximate surface area is 197 Å². The minimum absolute atomic E-state index is 0.102. The molecule has 2 heterocycles. The van der Waals surface area contributed by atoms with Crippen LogP contribution in [0.25, 0.3) is 6.08 Å². The van der Waals surface area contributed by atoms with Crippen molar-refractivity contribution >= 4 is 12.0 Å². The van der Waals surface area contributed by atoms with Crippen molar-refractivity contribution in [3.8, 4) is 0 Å². The quantitative estimate of drug-likeness (QED) is 0.639. The molecule has 2 aromatic rings. The molecule has 6 nitrogen and oxygen atoms in total. The minimum Gasteiger partial charge on any atom is -0.379 e. The van der Waals surface area contributed by atoms with Gasteiger partial charge in [0.1, 0.15) is 0 Å². The highest BCUT2D eigenvalue weighted by Crippen LogP contribution is 2.09. The van der Waals surface area contributed by atoms with Crippen LogP contribution < -0.4 is 5.32 Å². The van der Waals surface area contributed by atoms with Gasteiger partial charge in [-0.3, -0.25) is 19.5 Å². The number of rotatable bonds is 9. The SMILES string of the molecule is O=C(CN1CCN(CC=Cc2ccccc2)CC1)NCc1ccc(CN2CCOCC2)cc1. The second-order valence-electron chi connectivity index (χ2n) is 8.87. The van der Waals surface area contributed by atoms with Crippen LogP contribution in [0.15, 0.2) is 60.7 Å². The Morgan fingerprint density at radius 1 is 0.818 bits per heavy atom. The predicted molar refractivity (Wildman–Crippen MR) is 133 cm³/mol. The summed E-state index contributed by atoms with van der Waals surface area (Å²) in [5, 5.41) is 3.08. The van der Waals surface area contributed by atoms with E-state index in [4.69, 9.17) is 4.74 Å². The smallest absolute Gasteiger partial charge is 0.234 e. The van der Waals surface area contributed by atoms with Crippen molar-refractivity contribution in [2.75, 3.05) is 65.6 Å². The maximum absolute atomic E-state index is 12.4. The summed E-state index contributed by atoms with van der Waals surface area (Å²) in [6.45, 7) is 10.5. The van der Waals surface area contributed by atoms with E-state index in [1.165, 1.54) is 11.1 Å². The van der Waals surface area contributed by atoms with Crippen LogP contribution in [0.3, 0.4) is 0 Å². The van der Waals surface area contributed by atoms with E-state index in [9.17, 15) is 4.79 Å². The molecule has 2 aliphatic rings. The molecular weight excluding hydrogens is 412 g/mol. The van der Waals surface area contributed by atoms with Crippen LogP contribution in [0.2, 0.25) is 0 Å². The Morgan fingerprint density at radius 2 is 1.48 bits per heavy atom. The van der Waals surface area contributed by atoms with E-state index in [-0.39, 0.29) is 5.91 Å². The van der Waals surface area contributed by atoms with E-state index >= 15 is 0 Å². The summed E-state index contributed by atoms with van der Waals surface area (Å²) in [6, 6.07) is 19.0. The molecule has 33 heavy (non-hydrogen) atoms. The van der Waals surface area contributed by atoms with E-state index in [0.29, 0.717) is 13.1 Å². The molecule has 0 aromatic heterocycles. The lowest BCUT2D eigenvalue weighted by Crippen LogP contribution is -2.49. The number of hydrogen-bond acceptors (Lipinski definition) is 5. The van der Waals surface area contributed by atoms with Gasteiger partial charge in [0.25, 0.3) is 0 Å². The largest absolute Gasteiger partial charge is 0.379 e. The van der Waals surface area contributed by atoms with Crippen molar-refractivity contribution in [1.29, 1.82) is 0 Å². The summed E-state index contributed by atoms with van der Waals surface area (Å²) in [7, 11) is 0. The summed E-state index contributed by atoms with van der Waals surface area (Å²) in [6.07, 6.45) is 4.40. The predicted octanol–water partition coefficient (Wildman–Crippen LogP) is 2.47. The Morgan fingerprint density at radius 3 is 2.21 bits per heavy atom. The average Bonchev–Trinajstić information content (AvgIpc) is 2.86. The van der Waals surface area contributed by atoms with Crippen LogP contribution >= 0.6 is 0 Å². The van der Waals surface area contributed by atoms with Gasteiger partial charge in [-0.1, -0.05) is 66.7 Å². The fourth-order valence-electron chi connectivity index (χ4n) is 4.27. The van der Waals surface area contributed by atoms with Crippen molar-refractivity contribution in [1.82, 2.24) is 20.0 Å². The first-order valence-corrected chi connectivity index (χ1v) is 12.1. The summed E-state index contributed by atoms with van der Waals surface area (Å²) < 4.78 is 5.41. The molecule has 2 saturated heterocycles. The van der Waals surface area contributed by atoms with Crippen LogP contribution in [0.4, 0.5) is 0 Å². The zero-order valence-electron chi connectivity index (χ0n) is 19.5. The van der Waals surface area contributed by atoms with Crippen LogP contribution in [-0.2, 0) is 22.6 Å². The molecule has 0 atom stereocenters. The summed E-state index contributed by atoms with van der Waals surface area (Å²) in [5.41, 5.74) is 3.69. The van der Waals surface area contributed by atoms with Gasteiger partial charge in [-0.2, -0.15) is 0 Å². The molecule has 0 unspecified atom stereocenters. The van der Waals surface area contributed by atoms with Gasteiger partial charge in [0, 0.05) is 58.9 Å². The van der Waals surface area contributed by atoms with Gasteiger partial charge >= 0.3 is 0 Å². The Bertz CT molecular complexity index is 871. The maximum Gasteiger partial charge on any atom is 0.234 e. The third-order valence-corrected chi connectivity index (χ3v) is 6.33. The number of ether oxygens (including phenoxy) is 1. The molecule has 0 bridgehead atoms. The molecule has 2 aromatic carbocycles. The van der Waals surface area contributed by atoms with E-state index in [2.05, 4.69) is 80.7 Å². The average molecular weight is 449 g/mol. The van der Waals surface area contributed by atoms with Crippen molar-refractivity contribution in [2.45, 2.75) is 13.1 Å². The highest BCUT2D eigenvalue weighted by atomic mass is 16.5. The van der Waals surface area contributed by atoms with Crippen molar-refractivity contribution in [3.05, 3.63) is 77.4 Å². The second-order valence-corrected chi connectivity index (χ2v) is 8.87. The lowest BCUT2D eigenvalue weighted by molar-refractivity contribution is -0.122. The Hall–Kier alpha value is -2.51. The maximum atomic E-state index is 12.4. The molecule has 0 aliphatic carbocycles. The zero-order valence-corrected chi connectivity index (χ0v) is 19.5. The van der Waals surface area contributed by atoms with Crippen LogP contribution in [0.5, 0.6) is 0 Å². The molecule has 0 spiro atoms. The third-order valence-electron chi connectivity index (χ3n) is 6.33. The molecule has 176 valence electrons. The van der Waals surface area contributed by atoms with Gasteiger partial charge < -0.3 is 10.1 Å². The fraction of sp³-hybridized carbons (Fsp3) is 0.444. The number of carbonyl (C=O) groups is 1. The third kappa shape index (κ3) is 8.09. The number of morpholine rings is 1. The highest BCUT2D eigenvalue weighted by Gasteiger charge is 2.18. The molecular formula is C27H36N4O2.